The van der Waals surface area contributed by atoms with E-state index in [-0.39, 0.29) is 5.91 Å². The van der Waals surface area contributed by atoms with Crippen molar-refractivity contribution in [3.63, 3.8) is 0 Å². The Kier molecular flexibility index (Phi) is 6.09. The molecule has 0 saturated heterocycles. The number of amides is 1. The maximum atomic E-state index is 11.5. The standard InChI is InChI=1S/C14H16ClNO3/c1-10(14(18)19)7-8-16-13(17)6-5-11-3-2-4-12(15)9-11/h2-6,9-10H,7-8H2,1H3,(H,16,17)(H,18,19)/b6-5+. The van der Waals surface area contributed by atoms with Gasteiger partial charge in [0.15, 0.2) is 0 Å². The molecule has 1 aromatic rings. The van der Waals surface area contributed by atoms with E-state index in [4.69, 9.17) is 16.7 Å². The minimum absolute atomic E-state index is 0.252. The van der Waals surface area contributed by atoms with Crippen molar-refractivity contribution in [2.45, 2.75) is 13.3 Å². The highest BCUT2D eigenvalue weighted by Crippen LogP contribution is 2.11. The Bertz CT molecular complexity index is 485. The van der Waals surface area contributed by atoms with Crippen LogP contribution < -0.4 is 5.32 Å². The van der Waals surface area contributed by atoms with Crippen LogP contribution in [0.15, 0.2) is 30.3 Å². The molecule has 1 atom stereocenters. The van der Waals surface area contributed by atoms with Gasteiger partial charge in [-0.2, -0.15) is 0 Å². The van der Waals surface area contributed by atoms with E-state index in [1.165, 1.54) is 6.08 Å². The van der Waals surface area contributed by atoms with Gasteiger partial charge in [-0.05, 0) is 30.2 Å². The first-order chi connectivity index (χ1) is 8.99. The average molecular weight is 282 g/mol. The third-order valence-electron chi connectivity index (χ3n) is 2.57. The van der Waals surface area contributed by atoms with E-state index >= 15 is 0 Å². The van der Waals surface area contributed by atoms with Crippen LogP contribution in [0.1, 0.15) is 18.9 Å². The molecular weight excluding hydrogens is 266 g/mol. The Labute approximate surface area is 117 Å². The first-order valence-electron chi connectivity index (χ1n) is 5.93. The van der Waals surface area contributed by atoms with E-state index in [9.17, 15) is 9.59 Å². The number of benzene rings is 1. The molecule has 0 saturated carbocycles. The molecule has 0 aliphatic rings. The number of carbonyl (C=O) groups is 2. The van der Waals surface area contributed by atoms with Crippen molar-refractivity contribution in [3.8, 4) is 0 Å². The lowest BCUT2D eigenvalue weighted by molar-refractivity contribution is -0.141. The van der Waals surface area contributed by atoms with Crippen molar-refractivity contribution in [2.75, 3.05) is 6.54 Å². The second-order valence-electron chi connectivity index (χ2n) is 4.21. The number of carboxylic acids is 1. The molecule has 0 aliphatic carbocycles. The molecule has 1 unspecified atom stereocenters. The summed E-state index contributed by atoms with van der Waals surface area (Å²) >= 11 is 5.82. The maximum Gasteiger partial charge on any atom is 0.306 e. The third-order valence-corrected chi connectivity index (χ3v) is 2.81. The Morgan fingerprint density at radius 2 is 2.21 bits per heavy atom. The minimum Gasteiger partial charge on any atom is -0.481 e. The summed E-state index contributed by atoms with van der Waals surface area (Å²) in [4.78, 5) is 22.1. The van der Waals surface area contributed by atoms with E-state index in [1.54, 1.807) is 31.2 Å². The smallest absolute Gasteiger partial charge is 0.306 e. The summed E-state index contributed by atoms with van der Waals surface area (Å²) in [5.41, 5.74) is 0.835. The predicted octanol–water partition coefficient (Wildman–Crippen LogP) is 2.58. The van der Waals surface area contributed by atoms with Crippen molar-refractivity contribution < 1.29 is 14.7 Å². The number of halogens is 1. The van der Waals surface area contributed by atoms with Crippen LogP contribution in [0.3, 0.4) is 0 Å². The van der Waals surface area contributed by atoms with Gasteiger partial charge in [-0.1, -0.05) is 30.7 Å². The van der Waals surface area contributed by atoms with Crippen molar-refractivity contribution in [1.29, 1.82) is 0 Å². The molecule has 1 aromatic carbocycles. The van der Waals surface area contributed by atoms with Crippen LogP contribution in [0, 0.1) is 5.92 Å². The van der Waals surface area contributed by atoms with Crippen molar-refractivity contribution >= 4 is 29.6 Å². The molecule has 2 N–H and O–H groups in total. The normalized spacial score (nSPS) is 12.3. The zero-order valence-corrected chi connectivity index (χ0v) is 11.4. The summed E-state index contributed by atoms with van der Waals surface area (Å²) in [6, 6.07) is 7.14. The molecule has 0 spiro atoms. The molecule has 19 heavy (non-hydrogen) atoms. The predicted molar refractivity (Wildman–Crippen MR) is 74.9 cm³/mol. The first kappa shape index (κ1) is 15.2. The molecular formula is C14H16ClNO3. The number of carboxylic acid groups (broad SMARTS) is 1. The first-order valence-corrected chi connectivity index (χ1v) is 6.31. The molecule has 0 heterocycles. The lowest BCUT2D eigenvalue weighted by Gasteiger charge is -2.05. The fourth-order valence-corrected chi connectivity index (χ4v) is 1.58. The Morgan fingerprint density at radius 3 is 2.84 bits per heavy atom. The number of hydrogen-bond donors (Lipinski definition) is 2. The van der Waals surface area contributed by atoms with E-state index in [0.29, 0.717) is 18.0 Å². The lowest BCUT2D eigenvalue weighted by Crippen LogP contribution is -2.25. The molecule has 102 valence electrons. The zero-order chi connectivity index (χ0) is 14.3. The zero-order valence-electron chi connectivity index (χ0n) is 10.6. The Morgan fingerprint density at radius 1 is 1.47 bits per heavy atom. The molecule has 0 aromatic heterocycles. The number of nitrogens with one attached hydrogen (secondary N) is 1. The lowest BCUT2D eigenvalue weighted by atomic mass is 10.1. The monoisotopic (exact) mass is 281 g/mol. The highest BCUT2D eigenvalue weighted by Gasteiger charge is 2.09. The van der Waals surface area contributed by atoms with Gasteiger partial charge in [0.2, 0.25) is 5.91 Å². The maximum absolute atomic E-state index is 11.5. The molecule has 0 aliphatic heterocycles. The second-order valence-corrected chi connectivity index (χ2v) is 4.64. The van der Waals surface area contributed by atoms with Gasteiger partial charge in [0.1, 0.15) is 0 Å². The van der Waals surface area contributed by atoms with E-state index in [0.717, 1.165) is 5.56 Å². The summed E-state index contributed by atoms with van der Waals surface area (Å²) in [6.07, 6.45) is 3.46. The van der Waals surface area contributed by atoms with Crippen molar-refractivity contribution in [3.05, 3.63) is 40.9 Å². The number of aliphatic carboxylic acids is 1. The SMILES string of the molecule is CC(CCNC(=O)/C=C/c1cccc(Cl)c1)C(=O)O. The summed E-state index contributed by atoms with van der Waals surface area (Å²) in [5, 5.41) is 11.9. The minimum atomic E-state index is -0.858. The summed E-state index contributed by atoms with van der Waals surface area (Å²) in [7, 11) is 0. The fraction of sp³-hybridized carbons (Fsp3) is 0.286. The van der Waals surface area contributed by atoms with Gasteiger partial charge in [0, 0.05) is 17.6 Å². The van der Waals surface area contributed by atoms with Crippen LogP contribution in [0.5, 0.6) is 0 Å². The molecule has 0 bridgehead atoms. The Balaban J connectivity index is 2.37. The summed E-state index contributed by atoms with van der Waals surface area (Å²) < 4.78 is 0. The number of rotatable bonds is 6. The second kappa shape index (κ2) is 7.59. The average Bonchev–Trinajstić information content (AvgIpc) is 2.36. The number of carbonyl (C=O) groups excluding carboxylic acids is 1. The van der Waals surface area contributed by atoms with Gasteiger partial charge < -0.3 is 10.4 Å². The van der Waals surface area contributed by atoms with E-state index in [1.807, 2.05) is 6.07 Å². The summed E-state index contributed by atoms with van der Waals surface area (Å²) in [5.74, 6) is -1.57. The van der Waals surface area contributed by atoms with E-state index < -0.39 is 11.9 Å². The molecule has 0 radical (unpaired) electrons. The van der Waals surface area contributed by atoms with Crippen molar-refractivity contribution in [1.82, 2.24) is 5.32 Å². The molecule has 1 amide bonds. The van der Waals surface area contributed by atoms with Crippen LogP contribution in [-0.4, -0.2) is 23.5 Å². The van der Waals surface area contributed by atoms with Gasteiger partial charge >= 0.3 is 5.97 Å². The van der Waals surface area contributed by atoms with Gasteiger partial charge in [0.05, 0.1) is 5.92 Å². The van der Waals surface area contributed by atoms with Crippen molar-refractivity contribution in [2.24, 2.45) is 5.92 Å². The van der Waals surface area contributed by atoms with Gasteiger partial charge in [0.25, 0.3) is 0 Å². The quantitative estimate of drug-likeness (QED) is 0.788. The topological polar surface area (TPSA) is 66.4 Å². The van der Waals surface area contributed by atoms with Crippen LogP contribution in [-0.2, 0) is 9.59 Å². The van der Waals surface area contributed by atoms with Crippen LogP contribution in [0.25, 0.3) is 6.08 Å². The molecule has 1 rings (SSSR count). The van der Waals surface area contributed by atoms with Crippen LogP contribution in [0.2, 0.25) is 5.02 Å². The van der Waals surface area contributed by atoms with E-state index in [2.05, 4.69) is 5.32 Å². The number of hydrogen-bond acceptors (Lipinski definition) is 2. The van der Waals surface area contributed by atoms with Gasteiger partial charge in [-0.15, -0.1) is 0 Å². The van der Waals surface area contributed by atoms with Gasteiger partial charge in [-0.25, -0.2) is 0 Å². The largest absolute Gasteiger partial charge is 0.481 e. The van der Waals surface area contributed by atoms with Gasteiger partial charge in [-0.3, -0.25) is 9.59 Å². The highest BCUT2D eigenvalue weighted by atomic mass is 35.5. The summed E-state index contributed by atoms with van der Waals surface area (Å²) in [6.45, 7) is 1.95. The third kappa shape index (κ3) is 6.06. The van der Waals surface area contributed by atoms with Crippen LogP contribution >= 0.6 is 11.6 Å². The molecule has 0 fully saturated rings. The Hall–Kier alpha value is -1.81. The fourth-order valence-electron chi connectivity index (χ4n) is 1.38. The molecule has 4 nitrogen and oxygen atoms in total. The molecule has 5 heteroatoms. The van der Waals surface area contributed by atoms with Crippen LogP contribution in [0.4, 0.5) is 0 Å². The highest BCUT2D eigenvalue weighted by molar-refractivity contribution is 6.30.